The van der Waals surface area contributed by atoms with Gasteiger partial charge in [-0.25, -0.2) is 0 Å². The van der Waals surface area contributed by atoms with Crippen molar-refractivity contribution in [2.75, 3.05) is 13.7 Å². The van der Waals surface area contributed by atoms with Gasteiger partial charge in [0.05, 0.1) is 7.11 Å². The fraction of sp³-hybridized carbons (Fsp3) is 0.462. The molecule has 1 unspecified atom stereocenters. The number of benzene rings is 1. The first kappa shape index (κ1) is 14.2. The number of methoxy groups -OCH3 is 1. The lowest BCUT2D eigenvalue weighted by Crippen LogP contribution is -2.24. The minimum absolute atomic E-state index is 0.0568. The van der Waals surface area contributed by atoms with Gasteiger partial charge in [0.25, 0.3) is 0 Å². The molecule has 0 saturated carbocycles. The van der Waals surface area contributed by atoms with Gasteiger partial charge in [-0.15, -0.1) is 0 Å². The van der Waals surface area contributed by atoms with Crippen molar-refractivity contribution in [2.45, 2.75) is 19.8 Å². The molecule has 0 aliphatic carbocycles. The largest absolute Gasteiger partial charge is 0.496 e. The van der Waals surface area contributed by atoms with Crippen molar-refractivity contribution in [3.05, 3.63) is 28.2 Å². The number of hydrogen-bond acceptors (Lipinski definition) is 3. The number of Topliss-reactive ketones (excluding diaryl/α,β-unsaturated/α-hetero) is 1. The number of ketones is 1. The van der Waals surface area contributed by atoms with Gasteiger partial charge in [-0.05, 0) is 24.6 Å². The van der Waals surface area contributed by atoms with Crippen LogP contribution in [0.25, 0.3) is 0 Å². The Hall–Kier alpha value is -0.870. The summed E-state index contributed by atoms with van der Waals surface area (Å²) < 4.78 is 6.19. The highest BCUT2D eigenvalue weighted by atomic mass is 79.9. The topological polar surface area (TPSA) is 52.3 Å². The predicted molar refractivity (Wildman–Crippen MR) is 72.2 cm³/mol. The van der Waals surface area contributed by atoms with E-state index >= 15 is 0 Å². The second kappa shape index (κ2) is 6.77. The van der Waals surface area contributed by atoms with Gasteiger partial charge in [-0.1, -0.05) is 22.9 Å². The Morgan fingerprint density at radius 3 is 2.76 bits per heavy atom. The summed E-state index contributed by atoms with van der Waals surface area (Å²) >= 11 is 3.40. The Morgan fingerprint density at radius 2 is 2.24 bits per heavy atom. The zero-order valence-corrected chi connectivity index (χ0v) is 11.8. The molecule has 0 aromatic heterocycles. The van der Waals surface area contributed by atoms with Gasteiger partial charge in [-0.2, -0.15) is 0 Å². The van der Waals surface area contributed by atoms with Crippen LogP contribution >= 0.6 is 15.9 Å². The quantitative estimate of drug-likeness (QED) is 0.878. The van der Waals surface area contributed by atoms with Crippen molar-refractivity contribution in [3.63, 3.8) is 0 Å². The molecule has 1 aromatic rings. The van der Waals surface area contributed by atoms with Crippen LogP contribution in [0.4, 0.5) is 0 Å². The normalized spacial score (nSPS) is 12.2. The average molecular weight is 300 g/mol. The number of carbonyl (C=O) groups is 1. The minimum atomic E-state index is -0.0568. The lowest BCUT2D eigenvalue weighted by atomic mass is 9.95. The van der Waals surface area contributed by atoms with Crippen LogP contribution in [0.2, 0.25) is 0 Å². The van der Waals surface area contributed by atoms with Crippen molar-refractivity contribution in [3.8, 4) is 5.75 Å². The van der Waals surface area contributed by atoms with Crippen molar-refractivity contribution < 1.29 is 9.53 Å². The maximum atomic E-state index is 12.0. The third-order valence-electron chi connectivity index (χ3n) is 2.84. The summed E-state index contributed by atoms with van der Waals surface area (Å²) in [6, 6.07) is 5.67. The zero-order chi connectivity index (χ0) is 12.8. The summed E-state index contributed by atoms with van der Waals surface area (Å²) in [7, 11) is 1.61. The Morgan fingerprint density at radius 1 is 1.53 bits per heavy atom. The predicted octanol–water partition coefficient (Wildman–Crippen LogP) is 2.55. The van der Waals surface area contributed by atoms with Crippen molar-refractivity contribution >= 4 is 21.7 Å². The number of ether oxygens (including phenoxy) is 1. The van der Waals surface area contributed by atoms with Gasteiger partial charge in [0.1, 0.15) is 11.5 Å². The fourth-order valence-electron chi connectivity index (χ4n) is 1.74. The Kier molecular flexibility index (Phi) is 5.65. The summed E-state index contributed by atoms with van der Waals surface area (Å²) in [5.41, 5.74) is 6.48. The first-order valence-electron chi connectivity index (χ1n) is 5.67. The molecule has 0 spiro atoms. The third kappa shape index (κ3) is 3.82. The Balaban J connectivity index is 2.86. The maximum absolute atomic E-state index is 12.0. The van der Waals surface area contributed by atoms with Crippen LogP contribution in [-0.2, 0) is 11.2 Å². The summed E-state index contributed by atoms with van der Waals surface area (Å²) in [6.07, 6.45) is 1.16. The summed E-state index contributed by atoms with van der Waals surface area (Å²) in [5.74, 6) is 0.860. The van der Waals surface area contributed by atoms with Gasteiger partial charge in [0.2, 0.25) is 0 Å². The molecule has 17 heavy (non-hydrogen) atoms. The summed E-state index contributed by atoms with van der Waals surface area (Å²) in [5, 5.41) is 0. The highest BCUT2D eigenvalue weighted by molar-refractivity contribution is 9.10. The van der Waals surface area contributed by atoms with Gasteiger partial charge in [0.15, 0.2) is 0 Å². The SMILES string of the molecule is CCC(CN)C(=O)Cc1cc(Br)ccc1OC. The van der Waals surface area contributed by atoms with E-state index in [4.69, 9.17) is 10.5 Å². The van der Waals surface area contributed by atoms with Crippen LogP contribution in [0.1, 0.15) is 18.9 Å². The van der Waals surface area contributed by atoms with Crippen molar-refractivity contribution in [2.24, 2.45) is 11.7 Å². The molecule has 1 rings (SSSR count). The number of hydrogen-bond donors (Lipinski definition) is 1. The van der Waals surface area contributed by atoms with E-state index in [9.17, 15) is 4.79 Å². The highest BCUT2D eigenvalue weighted by Crippen LogP contribution is 2.24. The zero-order valence-electron chi connectivity index (χ0n) is 10.2. The van der Waals surface area contributed by atoms with E-state index < -0.39 is 0 Å². The van der Waals surface area contributed by atoms with Crippen LogP contribution in [0.3, 0.4) is 0 Å². The number of nitrogens with two attached hydrogens (primary N) is 1. The second-order valence-electron chi connectivity index (χ2n) is 3.94. The molecule has 0 heterocycles. The van der Waals surface area contributed by atoms with E-state index in [-0.39, 0.29) is 11.7 Å². The Labute approximate surface area is 110 Å². The van der Waals surface area contributed by atoms with Crippen LogP contribution in [-0.4, -0.2) is 19.4 Å². The molecule has 0 aliphatic rings. The molecule has 0 saturated heterocycles. The molecule has 0 bridgehead atoms. The number of halogens is 1. The molecule has 0 amide bonds. The lowest BCUT2D eigenvalue weighted by molar-refractivity contribution is -0.122. The molecule has 2 N–H and O–H groups in total. The molecule has 3 nitrogen and oxygen atoms in total. The third-order valence-corrected chi connectivity index (χ3v) is 3.33. The smallest absolute Gasteiger partial charge is 0.141 e. The van der Waals surface area contributed by atoms with Gasteiger partial charge in [0, 0.05) is 28.9 Å². The van der Waals surface area contributed by atoms with Gasteiger partial charge < -0.3 is 10.5 Å². The maximum Gasteiger partial charge on any atom is 0.141 e. The van der Waals surface area contributed by atoms with Crippen molar-refractivity contribution in [1.82, 2.24) is 0 Å². The van der Waals surface area contributed by atoms with E-state index in [1.54, 1.807) is 7.11 Å². The fourth-order valence-corrected chi connectivity index (χ4v) is 2.15. The highest BCUT2D eigenvalue weighted by Gasteiger charge is 2.17. The van der Waals surface area contributed by atoms with E-state index in [2.05, 4.69) is 15.9 Å². The van der Waals surface area contributed by atoms with Crippen LogP contribution in [0.15, 0.2) is 22.7 Å². The Bertz CT molecular complexity index is 389. The lowest BCUT2D eigenvalue weighted by Gasteiger charge is -2.13. The molecule has 4 heteroatoms. The summed E-state index contributed by atoms with van der Waals surface area (Å²) in [6.45, 7) is 2.39. The molecule has 0 radical (unpaired) electrons. The molecule has 1 atom stereocenters. The van der Waals surface area contributed by atoms with E-state index in [0.29, 0.717) is 13.0 Å². The van der Waals surface area contributed by atoms with Crippen molar-refractivity contribution in [1.29, 1.82) is 0 Å². The van der Waals surface area contributed by atoms with Crippen LogP contribution in [0, 0.1) is 5.92 Å². The van der Waals surface area contributed by atoms with Gasteiger partial charge in [-0.3, -0.25) is 4.79 Å². The summed E-state index contributed by atoms with van der Waals surface area (Å²) in [4.78, 5) is 12.0. The molecular formula is C13H18BrNO2. The van der Waals surface area contributed by atoms with Gasteiger partial charge >= 0.3 is 0 Å². The number of carbonyl (C=O) groups excluding carboxylic acids is 1. The standard InChI is InChI=1S/C13H18BrNO2/c1-3-9(8-15)12(16)7-10-6-11(14)4-5-13(10)17-2/h4-6,9H,3,7-8,15H2,1-2H3. The first-order valence-corrected chi connectivity index (χ1v) is 6.46. The van der Waals surface area contributed by atoms with Crippen LogP contribution < -0.4 is 10.5 Å². The van der Waals surface area contributed by atoms with E-state index in [1.807, 2.05) is 25.1 Å². The molecular weight excluding hydrogens is 282 g/mol. The second-order valence-corrected chi connectivity index (χ2v) is 4.86. The van der Waals surface area contributed by atoms with Crippen LogP contribution in [0.5, 0.6) is 5.75 Å². The average Bonchev–Trinajstić information content (AvgIpc) is 2.31. The molecule has 0 fully saturated rings. The molecule has 1 aromatic carbocycles. The minimum Gasteiger partial charge on any atom is -0.496 e. The monoisotopic (exact) mass is 299 g/mol. The number of rotatable bonds is 6. The van der Waals surface area contributed by atoms with E-state index in [0.717, 1.165) is 22.2 Å². The first-order chi connectivity index (χ1) is 8.12. The van der Waals surface area contributed by atoms with E-state index in [1.165, 1.54) is 0 Å². The molecule has 94 valence electrons. The molecule has 0 aliphatic heterocycles.